The predicted octanol–water partition coefficient (Wildman–Crippen LogP) is 0.587. The van der Waals surface area contributed by atoms with E-state index in [1.807, 2.05) is 30.3 Å². The van der Waals surface area contributed by atoms with E-state index in [0.717, 1.165) is 11.5 Å². The first-order valence-electron chi connectivity index (χ1n) is 4.85. The van der Waals surface area contributed by atoms with Gasteiger partial charge in [0, 0.05) is 13.0 Å². The maximum absolute atomic E-state index is 8.75. The van der Waals surface area contributed by atoms with Crippen molar-refractivity contribution in [3.63, 3.8) is 0 Å². The van der Waals surface area contributed by atoms with Crippen LogP contribution in [0.15, 0.2) is 30.3 Å². The molecule has 0 fully saturated rings. The summed E-state index contributed by atoms with van der Waals surface area (Å²) in [5, 5.41) is 20.2. The van der Waals surface area contributed by atoms with Crippen LogP contribution >= 0.6 is 0 Å². The van der Waals surface area contributed by atoms with Gasteiger partial charge in [-0.05, 0) is 29.0 Å². The van der Waals surface area contributed by atoms with E-state index < -0.39 is 0 Å². The van der Waals surface area contributed by atoms with Gasteiger partial charge < -0.3 is 5.11 Å². The summed E-state index contributed by atoms with van der Waals surface area (Å²) in [6.07, 6.45) is 1.35. The van der Waals surface area contributed by atoms with Crippen LogP contribution < -0.4 is 0 Å². The highest BCUT2D eigenvalue weighted by atomic mass is 16.2. The Morgan fingerprint density at radius 1 is 1.20 bits per heavy atom. The molecule has 0 aliphatic rings. The molecule has 0 aliphatic carbocycles. The Balaban J connectivity index is 2.25. The first-order valence-corrected chi connectivity index (χ1v) is 4.85. The molecule has 5 heteroatoms. The van der Waals surface area contributed by atoms with Gasteiger partial charge in [-0.2, -0.15) is 4.68 Å². The summed E-state index contributed by atoms with van der Waals surface area (Å²) in [5.41, 5.74) is 0.940. The van der Waals surface area contributed by atoms with Crippen molar-refractivity contribution in [3.05, 3.63) is 36.2 Å². The second-order valence-electron chi connectivity index (χ2n) is 3.17. The Labute approximate surface area is 87.4 Å². The Morgan fingerprint density at radius 3 is 2.73 bits per heavy atom. The average Bonchev–Trinajstić information content (AvgIpc) is 2.75. The van der Waals surface area contributed by atoms with Gasteiger partial charge in [-0.25, -0.2) is 0 Å². The highest BCUT2D eigenvalue weighted by Crippen LogP contribution is 2.07. The molecular formula is C10H12N4O. The zero-order chi connectivity index (χ0) is 10.5. The molecule has 0 radical (unpaired) electrons. The fraction of sp³-hybridized carbons (Fsp3) is 0.300. The lowest BCUT2D eigenvalue weighted by molar-refractivity contribution is 0.287. The number of hydrogen-bond acceptors (Lipinski definition) is 4. The van der Waals surface area contributed by atoms with Crippen LogP contribution in [0.3, 0.4) is 0 Å². The first-order chi connectivity index (χ1) is 7.42. The van der Waals surface area contributed by atoms with E-state index >= 15 is 0 Å². The summed E-state index contributed by atoms with van der Waals surface area (Å²) < 4.78 is 1.69. The normalized spacial score (nSPS) is 10.5. The van der Waals surface area contributed by atoms with Crippen molar-refractivity contribution in [1.82, 2.24) is 20.2 Å². The zero-order valence-corrected chi connectivity index (χ0v) is 8.24. The number of benzene rings is 1. The van der Waals surface area contributed by atoms with Crippen molar-refractivity contribution in [2.24, 2.45) is 0 Å². The second kappa shape index (κ2) is 4.65. The molecule has 0 aliphatic heterocycles. The predicted molar refractivity (Wildman–Crippen MR) is 54.6 cm³/mol. The summed E-state index contributed by atoms with van der Waals surface area (Å²) in [5.74, 6) is 0.773. The lowest BCUT2D eigenvalue weighted by Gasteiger charge is -2.02. The molecule has 2 aromatic rings. The maximum atomic E-state index is 8.75. The fourth-order valence-corrected chi connectivity index (χ4v) is 1.37. The minimum atomic E-state index is 0.154. The summed E-state index contributed by atoms with van der Waals surface area (Å²) in [7, 11) is 0. The quantitative estimate of drug-likeness (QED) is 0.791. The van der Waals surface area contributed by atoms with E-state index in [-0.39, 0.29) is 6.61 Å². The number of aromatic nitrogens is 4. The topological polar surface area (TPSA) is 63.8 Å². The largest absolute Gasteiger partial charge is 0.396 e. The van der Waals surface area contributed by atoms with Gasteiger partial charge in [-0.3, -0.25) is 0 Å². The molecule has 15 heavy (non-hydrogen) atoms. The minimum Gasteiger partial charge on any atom is -0.396 e. The van der Waals surface area contributed by atoms with Crippen molar-refractivity contribution < 1.29 is 5.11 Å². The van der Waals surface area contributed by atoms with E-state index in [1.165, 1.54) is 0 Å². The zero-order valence-electron chi connectivity index (χ0n) is 8.24. The third kappa shape index (κ3) is 2.19. The van der Waals surface area contributed by atoms with E-state index in [1.54, 1.807) is 4.68 Å². The van der Waals surface area contributed by atoms with Crippen molar-refractivity contribution in [2.75, 3.05) is 6.61 Å². The van der Waals surface area contributed by atoms with E-state index in [4.69, 9.17) is 5.11 Å². The molecule has 0 saturated heterocycles. The second-order valence-corrected chi connectivity index (χ2v) is 3.17. The number of nitrogens with zero attached hydrogens (tertiary/aromatic N) is 4. The number of hydrogen-bond donors (Lipinski definition) is 1. The summed E-state index contributed by atoms with van der Waals surface area (Å²) in [6.45, 7) is 0.154. The Morgan fingerprint density at radius 2 is 2.00 bits per heavy atom. The molecular weight excluding hydrogens is 192 g/mol. The van der Waals surface area contributed by atoms with Crippen LogP contribution in [0.1, 0.15) is 12.2 Å². The van der Waals surface area contributed by atoms with E-state index in [0.29, 0.717) is 12.8 Å². The van der Waals surface area contributed by atoms with Gasteiger partial charge in [-0.15, -0.1) is 5.10 Å². The SMILES string of the molecule is OCCCc1nnnn1-c1ccccc1. The van der Waals surface area contributed by atoms with Gasteiger partial charge in [0.05, 0.1) is 5.69 Å². The number of para-hydroxylation sites is 1. The fourth-order valence-electron chi connectivity index (χ4n) is 1.37. The van der Waals surface area contributed by atoms with Crippen LogP contribution in [0.5, 0.6) is 0 Å². The smallest absolute Gasteiger partial charge is 0.156 e. The molecule has 78 valence electrons. The number of aliphatic hydroxyl groups is 1. The average molecular weight is 204 g/mol. The van der Waals surface area contributed by atoms with Gasteiger partial charge in [0.15, 0.2) is 5.82 Å². The van der Waals surface area contributed by atoms with Crippen LogP contribution in [0, 0.1) is 0 Å². The maximum Gasteiger partial charge on any atom is 0.156 e. The molecule has 5 nitrogen and oxygen atoms in total. The highest BCUT2D eigenvalue weighted by Gasteiger charge is 2.06. The molecule has 0 bridgehead atoms. The molecule has 2 rings (SSSR count). The molecule has 0 unspecified atom stereocenters. The Bertz CT molecular complexity index is 412. The molecule has 1 heterocycles. The third-order valence-corrected chi connectivity index (χ3v) is 2.09. The van der Waals surface area contributed by atoms with Gasteiger partial charge >= 0.3 is 0 Å². The number of tetrazole rings is 1. The molecule has 0 atom stereocenters. The van der Waals surface area contributed by atoms with Crippen molar-refractivity contribution >= 4 is 0 Å². The van der Waals surface area contributed by atoms with Crippen LogP contribution in [-0.4, -0.2) is 31.9 Å². The minimum absolute atomic E-state index is 0.154. The number of aryl methyl sites for hydroxylation is 1. The van der Waals surface area contributed by atoms with Crippen molar-refractivity contribution in [1.29, 1.82) is 0 Å². The lowest BCUT2D eigenvalue weighted by atomic mass is 10.3. The summed E-state index contributed by atoms with van der Waals surface area (Å²) >= 11 is 0. The van der Waals surface area contributed by atoms with Crippen molar-refractivity contribution in [3.8, 4) is 5.69 Å². The van der Waals surface area contributed by atoms with Gasteiger partial charge in [0.2, 0.25) is 0 Å². The van der Waals surface area contributed by atoms with Crippen molar-refractivity contribution in [2.45, 2.75) is 12.8 Å². The molecule has 0 spiro atoms. The van der Waals surface area contributed by atoms with Crippen LogP contribution in [0.25, 0.3) is 5.69 Å². The Hall–Kier alpha value is -1.75. The summed E-state index contributed by atoms with van der Waals surface area (Å²) in [6, 6.07) is 9.71. The number of rotatable bonds is 4. The first kappa shape index (κ1) is 9.79. The Kier molecular flexibility index (Phi) is 3.04. The monoisotopic (exact) mass is 204 g/mol. The molecule has 0 saturated carbocycles. The van der Waals surface area contributed by atoms with Gasteiger partial charge in [-0.1, -0.05) is 18.2 Å². The van der Waals surface area contributed by atoms with Crippen LogP contribution in [0.4, 0.5) is 0 Å². The van der Waals surface area contributed by atoms with Gasteiger partial charge in [0.25, 0.3) is 0 Å². The lowest BCUT2D eigenvalue weighted by Crippen LogP contribution is -2.03. The highest BCUT2D eigenvalue weighted by molar-refractivity contribution is 5.30. The van der Waals surface area contributed by atoms with Gasteiger partial charge in [0.1, 0.15) is 0 Å². The van der Waals surface area contributed by atoms with E-state index in [9.17, 15) is 0 Å². The number of aliphatic hydroxyl groups excluding tert-OH is 1. The standard InChI is InChI=1S/C10H12N4O/c15-8-4-7-10-11-12-13-14(10)9-5-2-1-3-6-9/h1-3,5-6,15H,4,7-8H2. The molecule has 0 amide bonds. The molecule has 1 aromatic carbocycles. The van der Waals surface area contributed by atoms with E-state index in [2.05, 4.69) is 15.5 Å². The molecule has 1 aromatic heterocycles. The summed E-state index contributed by atoms with van der Waals surface area (Å²) in [4.78, 5) is 0. The van der Waals surface area contributed by atoms with Crippen LogP contribution in [0.2, 0.25) is 0 Å². The van der Waals surface area contributed by atoms with Crippen LogP contribution in [-0.2, 0) is 6.42 Å². The molecule has 1 N–H and O–H groups in total. The third-order valence-electron chi connectivity index (χ3n) is 2.09.